The number of pyridine rings is 1. The Bertz CT molecular complexity index is 795. The van der Waals surface area contributed by atoms with E-state index in [9.17, 15) is 9.59 Å². The first kappa shape index (κ1) is 16.3. The van der Waals surface area contributed by atoms with Gasteiger partial charge in [0.05, 0.1) is 16.2 Å². The number of allylic oxidation sites excluding steroid dienone is 1. The summed E-state index contributed by atoms with van der Waals surface area (Å²) in [6, 6.07) is 7.89. The van der Waals surface area contributed by atoms with Crippen LogP contribution in [0.2, 0.25) is 10.0 Å². The Morgan fingerprint density at radius 2 is 1.91 bits per heavy atom. The summed E-state index contributed by atoms with van der Waals surface area (Å²) in [5.41, 5.74) is 0.500. The molecule has 0 amide bonds. The van der Waals surface area contributed by atoms with Gasteiger partial charge >= 0.3 is 0 Å². The average Bonchev–Trinajstić information content (AvgIpc) is 2.45. The van der Waals surface area contributed by atoms with Crippen LogP contribution in [0.1, 0.15) is 15.9 Å². The van der Waals surface area contributed by atoms with Crippen molar-refractivity contribution in [2.45, 2.75) is 0 Å². The maximum Gasteiger partial charge on any atom is 0.256 e. The van der Waals surface area contributed by atoms with Crippen molar-refractivity contribution in [3.05, 3.63) is 74.3 Å². The van der Waals surface area contributed by atoms with Crippen LogP contribution >= 0.6 is 23.2 Å². The van der Waals surface area contributed by atoms with Crippen LogP contribution in [-0.4, -0.2) is 29.8 Å². The summed E-state index contributed by atoms with van der Waals surface area (Å²) in [4.78, 5) is 29.0. The first-order valence-corrected chi connectivity index (χ1v) is 7.22. The van der Waals surface area contributed by atoms with Gasteiger partial charge in [-0.1, -0.05) is 23.2 Å². The van der Waals surface area contributed by atoms with Gasteiger partial charge in [-0.2, -0.15) is 0 Å². The highest BCUT2D eigenvalue weighted by Gasteiger charge is 2.20. The minimum absolute atomic E-state index is 0.245. The van der Waals surface area contributed by atoms with Crippen LogP contribution in [-0.2, 0) is 0 Å². The highest BCUT2D eigenvalue weighted by molar-refractivity contribution is 6.40. The normalized spacial score (nSPS) is 11.4. The first-order valence-electron chi connectivity index (χ1n) is 6.46. The Morgan fingerprint density at radius 1 is 1.18 bits per heavy atom. The Balaban J connectivity index is 2.58. The third-order valence-electron chi connectivity index (χ3n) is 2.92. The molecule has 114 valence electrons. The third kappa shape index (κ3) is 3.59. The summed E-state index contributed by atoms with van der Waals surface area (Å²) in [5.74, 6) is -0.341. The number of carbonyl (C=O) groups is 1. The minimum Gasteiger partial charge on any atom is -0.383 e. The zero-order valence-corrected chi connectivity index (χ0v) is 13.6. The average molecular weight is 337 g/mol. The molecule has 1 aromatic heterocycles. The van der Waals surface area contributed by atoms with Gasteiger partial charge in [0.25, 0.3) is 5.56 Å². The molecule has 4 nitrogen and oxygen atoms in total. The monoisotopic (exact) mass is 336 g/mol. The van der Waals surface area contributed by atoms with Crippen molar-refractivity contribution in [2.75, 3.05) is 14.1 Å². The van der Waals surface area contributed by atoms with Crippen molar-refractivity contribution in [1.29, 1.82) is 0 Å². The lowest BCUT2D eigenvalue weighted by Crippen LogP contribution is -2.17. The SMILES string of the molecule is CN(C)C=C(C(=O)c1ccc(Cl)cc1Cl)c1ccc[nH]c1=O. The number of ketones is 1. The van der Waals surface area contributed by atoms with Gasteiger partial charge in [0.1, 0.15) is 0 Å². The maximum atomic E-state index is 12.8. The van der Waals surface area contributed by atoms with Crippen LogP contribution in [0, 0.1) is 0 Å². The van der Waals surface area contributed by atoms with Crippen LogP contribution in [0.3, 0.4) is 0 Å². The second-order valence-electron chi connectivity index (χ2n) is 4.87. The lowest BCUT2D eigenvalue weighted by molar-refractivity contribution is 0.105. The molecule has 0 saturated heterocycles. The molecule has 2 rings (SSSR count). The summed E-state index contributed by atoms with van der Waals surface area (Å²) in [6.07, 6.45) is 3.11. The molecule has 0 spiro atoms. The fraction of sp³-hybridized carbons (Fsp3) is 0.125. The van der Waals surface area contributed by atoms with Crippen molar-refractivity contribution >= 4 is 34.6 Å². The first-order chi connectivity index (χ1) is 10.4. The third-order valence-corrected chi connectivity index (χ3v) is 3.46. The molecule has 0 radical (unpaired) electrons. The van der Waals surface area contributed by atoms with Gasteiger partial charge in [0, 0.05) is 37.1 Å². The van der Waals surface area contributed by atoms with Crippen molar-refractivity contribution in [1.82, 2.24) is 9.88 Å². The number of aromatic nitrogens is 1. The van der Waals surface area contributed by atoms with Crippen molar-refractivity contribution in [2.24, 2.45) is 0 Å². The maximum absolute atomic E-state index is 12.8. The lowest BCUT2D eigenvalue weighted by atomic mass is 9.98. The number of nitrogens with zero attached hydrogens (tertiary/aromatic N) is 1. The van der Waals surface area contributed by atoms with E-state index >= 15 is 0 Å². The van der Waals surface area contributed by atoms with E-state index in [1.54, 1.807) is 49.5 Å². The molecular formula is C16H14Cl2N2O2. The predicted octanol–water partition coefficient (Wildman–Crippen LogP) is 3.47. The minimum atomic E-state index is -0.341. The fourth-order valence-electron chi connectivity index (χ4n) is 1.96. The number of hydrogen-bond acceptors (Lipinski definition) is 3. The van der Waals surface area contributed by atoms with E-state index in [1.807, 2.05) is 0 Å². The number of halogens is 2. The van der Waals surface area contributed by atoms with E-state index in [0.29, 0.717) is 10.6 Å². The highest BCUT2D eigenvalue weighted by Crippen LogP contribution is 2.26. The van der Waals surface area contributed by atoms with Crippen LogP contribution in [0.5, 0.6) is 0 Å². The number of H-pyrrole nitrogens is 1. The van der Waals surface area contributed by atoms with Gasteiger partial charge in [-0.3, -0.25) is 9.59 Å². The van der Waals surface area contributed by atoms with Gasteiger partial charge in [-0.25, -0.2) is 0 Å². The Hall–Kier alpha value is -2.04. The summed E-state index contributed by atoms with van der Waals surface area (Å²) in [7, 11) is 3.54. The van der Waals surface area contributed by atoms with Gasteiger partial charge in [0.2, 0.25) is 0 Å². The largest absolute Gasteiger partial charge is 0.383 e. The topological polar surface area (TPSA) is 53.2 Å². The number of benzene rings is 1. The molecular weight excluding hydrogens is 323 g/mol. The van der Waals surface area contributed by atoms with E-state index in [0.717, 1.165) is 0 Å². The summed E-state index contributed by atoms with van der Waals surface area (Å²) in [5, 5.41) is 0.687. The quantitative estimate of drug-likeness (QED) is 0.687. The molecule has 0 saturated carbocycles. The molecule has 0 aliphatic rings. The van der Waals surface area contributed by atoms with Crippen molar-refractivity contribution in [3.8, 4) is 0 Å². The number of rotatable bonds is 4. The summed E-state index contributed by atoms with van der Waals surface area (Å²) >= 11 is 12.0. The Labute approximate surface area is 138 Å². The molecule has 6 heteroatoms. The second-order valence-corrected chi connectivity index (χ2v) is 5.72. The molecule has 22 heavy (non-hydrogen) atoms. The van der Waals surface area contributed by atoms with Crippen LogP contribution in [0.4, 0.5) is 0 Å². The zero-order valence-electron chi connectivity index (χ0n) is 12.1. The van der Waals surface area contributed by atoms with Gasteiger partial charge in [-0.05, 0) is 30.3 Å². The van der Waals surface area contributed by atoms with Gasteiger partial charge in [0.15, 0.2) is 5.78 Å². The van der Waals surface area contributed by atoms with E-state index in [2.05, 4.69) is 4.98 Å². The second kappa shape index (κ2) is 6.81. The highest BCUT2D eigenvalue weighted by atomic mass is 35.5. The molecule has 0 aliphatic heterocycles. The van der Waals surface area contributed by atoms with Gasteiger partial charge < -0.3 is 9.88 Å². The molecule has 0 unspecified atom stereocenters. The van der Waals surface area contributed by atoms with Crippen LogP contribution < -0.4 is 5.56 Å². The molecule has 2 aromatic rings. The summed E-state index contributed by atoms with van der Waals surface area (Å²) < 4.78 is 0. The van der Waals surface area contributed by atoms with Crippen LogP contribution in [0.25, 0.3) is 5.57 Å². The molecule has 0 fully saturated rings. The lowest BCUT2D eigenvalue weighted by Gasteiger charge is -2.12. The van der Waals surface area contributed by atoms with Crippen molar-refractivity contribution < 1.29 is 4.79 Å². The van der Waals surface area contributed by atoms with Crippen LogP contribution in [0.15, 0.2) is 47.5 Å². The standard InChI is InChI=1S/C16H14Cl2N2O2/c1-20(2)9-13(11-4-3-7-19-16(11)22)15(21)12-6-5-10(17)8-14(12)18/h3-9H,1-2H3,(H,19,22). The number of hydrogen-bond donors (Lipinski definition) is 1. The molecule has 1 aromatic carbocycles. The number of nitrogens with one attached hydrogen (secondary N) is 1. The van der Waals surface area contributed by atoms with E-state index in [4.69, 9.17) is 23.2 Å². The molecule has 1 N–H and O–H groups in total. The predicted molar refractivity (Wildman–Crippen MR) is 89.5 cm³/mol. The molecule has 1 heterocycles. The molecule has 0 bridgehead atoms. The summed E-state index contributed by atoms with van der Waals surface area (Å²) in [6.45, 7) is 0. The van der Waals surface area contributed by atoms with Crippen molar-refractivity contribution in [3.63, 3.8) is 0 Å². The van der Waals surface area contributed by atoms with E-state index in [-0.39, 0.29) is 27.5 Å². The molecule has 0 aliphatic carbocycles. The fourth-order valence-corrected chi connectivity index (χ4v) is 2.46. The van der Waals surface area contributed by atoms with E-state index in [1.165, 1.54) is 12.3 Å². The number of aromatic amines is 1. The number of Topliss-reactive ketones (excluding diaryl/α,β-unsaturated/α-hetero) is 1. The zero-order chi connectivity index (χ0) is 16.3. The number of carbonyl (C=O) groups excluding carboxylic acids is 1. The van der Waals surface area contributed by atoms with E-state index < -0.39 is 0 Å². The van der Waals surface area contributed by atoms with Gasteiger partial charge in [-0.15, -0.1) is 0 Å². The Morgan fingerprint density at radius 3 is 2.50 bits per heavy atom. The molecule has 0 atom stereocenters. The Kier molecular flexibility index (Phi) is 5.06. The smallest absolute Gasteiger partial charge is 0.256 e.